The lowest BCUT2D eigenvalue weighted by Gasteiger charge is -2.17. The van der Waals surface area contributed by atoms with Gasteiger partial charge in [-0.1, -0.05) is 19.9 Å². The number of nitro groups is 1. The highest BCUT2D eigenvalue weighted by atomic mass is 32.2. The zero-order chi connectivity index (χ0) is 19.6. The summed E-state index contributed by atoms with van der Waals surface area (Å²) in [5, 5.41) is 11.1. The van der Waals surface area contributed by atoms with Crippen molar-refractivity contribution in [2.45, 2.75) is 38.5 Å². The first kappa shape index (κ1) is 19.7. The highest BCUT2D eigenvalue weighted by molar-refractivity contribution is 7.92. The number of sulfonamides is 1. The van der Waals surface area contributed by atoms with Gasteiger partial charge in [0.25, 0.3) is 15.7 Å². The van der Waals surface area contributed by atoms with Gasteiger partial charge in [0, 0.05) is 6.07 Å². The number of nitro benzene ring substituents is 1. The van der Waals surface area contributed by atoms with Crippen molar-refractivity contribution in [3.05, 3.63) is 57.1 Å². The topological polar surface area (TPSA) is 98.5 Å². The lowest BCUT2D eigenvalue weighted by atomic mass is 10.0. The van der Waals surface area contributed by atoms with Crippen LogP contribution in [0.5, 0.6) is 5.75 Å². The van der Waals surface area contributed by atoms with Crippen LogP contribution < -0.4 is 9.46 Å². The Kier molecular flexibility index (Phi) is 5.56. The molecule has 0 radical (unpaired) electrons. The Labute approximate surface area is 153 Å². The van der Waals surface area contributed by atoms with Gasteiger partial charge in [0.15, 0.2) is 0 Å². The van der Waals surface area contributed by atoms with Gasteiger partial charge in [-0.05, 0) is 49.1 Å². The number of aryl methyl sites for hydroxylation is 1. The number of hydrogen-bond acceptors (Lipinski definition) is 5. The van der Waals surface area contributed by atoms with Crippen molar-refractivity contribution in [2.24, 2.45) is 0 Å². The minimum Gasteiger partial charge on any atom is -0.496 e. The van der Waals surface area contributed by atoms with Gasteiger partial charge < -0.3 is 4.74 Å². The first-order valence-corrected chi connectivity index (χ1v) is 9.52. The van der Waals surface area contributed by atoms with Crippen LogP contribution in [-0.4, -0.2) is 20.5 Å². The van der Waals surface area contributed by atoms with Crippen LogP contribution in [0.1, 0.15) is 36.5 Å². The Bertz CT molecular complexity index is 952. The zero-order valence-corrected chi connectivity index (χ0v) is 16.2. The minimum absolute atomic E-state index is 0.0686. The number of nitrogens with zero attached hydrogens (tertiary/aromatic N) is 1. The number of hydrogen-bond donors (Lipinski definition) is 1. The summed E-state index contributed by atoms with van der Waals surface area (Å²) in [5.41, 5.74) is 1.60. The maximum Gasteiger partial charge on any atom is 0.274 e. The van der Waals surface area contributed by atoms with Gasteiger partial charge in [0.1, 0.15) is 5.75 Å². The molecule has 0 spiro atoms. The molecule has 0 aromatic heterocycles. The van der Waals surface area contributed by atoms with Crippen molar-refractivity contribution in [3.63, 3.8) is 0 Å². The van der Waals surface area contributed by atoms with Crippen molar-refractivity contribution in [3.8, 4) is 5.75 Å². The number of rotatable bonds is 6. The van der Waals surface area contributed by atoms with Gasteiger partial charge in [0.05, 0.1) is 28.2 Å². The van der Waals surface area contributed by atoms with E-state index in [-0.39, 0.29) is 27.8 Å². The average molecular weight is 378 g/mol. The Hall–Kier alpha value is -2.61. The molecule has 0 fully saturated rings. The molecular formula is C18H22N2O5S. The van der Waals surface area contributed by atoms with Crippen molar-refractivity contribution in [1.29, 1.82) is 0 Å². The number of anilines is 1. The molecule has 2 rings (SSSR count). The first-order chi connectivity index (χ1) is 12.1. The molecule has 0 saturated carbocycles. The summed E-state index contributed by atoms with van der Waals surface area (Å²) in [4.78, 5) is 10.6. The van der Waals surface area contributed by atoms with Crippen LogP contribution in [0.25, 0.3) is 0 Å². The molecule has 0 aliphatic heterocycles. The van der Waals surface area contributed by atoms with Crippen LogP contribution in [0.2, 0.25) is 0 Å². The molecule has 0 amide bonds. The van der Waals surface area contributed by atoms with Crippen molar-refractivity contribution in [1.82, 2.24) is 0 Å². The molecule has 0 aliphatic rings. The molecule has 0 unspecified atom stereocenters. The van der Waals surface area contributed by atoms with E-state index in [0.717, 1.165) is 5.56 Å². The SMILES string of the molecule is COc1cc(C)c(S(=O)(=O)Nc2cccc([N+](=O)[O-])c2C)cc1C(C)C. The van der Waals surface area contributed by atoms with Gasteiger partial charge in [-0.15, -0.1) is 0 Å². The van der Waals surface area contributed by atoms with E-state index in [1.807, 2.05) is 13.8 Å². The Morgan fingerprint density at radius 3 is 2.38 bits per heavy atom. The monoisotopic (exact) mass is 378 g/mol. The maximum absolute atomic E-state index is 12.9. The number of benzene rings is 2. The number of nitrogens with one attached hydrogen (secondary N) is 1. The molecule has 140 valence electrons. The molecule has 26 heavy (non-hydrogen) atoms. The van der Waals surface area contributed by atoms with Crippen LogP contribution in [0.3, 0.4) is 0 Å². The fourth-order valence-corrected chi connectivity index (χ4v) is 4.11. The van der Waals surface area contributed by atoms with Gasteiger partial charge in [0.2, 0.25) is 0 Å². The van der Waals surface area contributed by atoms with E-state index in [0.29, 0.717) is 11.3 Å². The van der Waals surface area contributed by atoms with E-state index in [9.17, 15) is 18.5 Å². The van der Waals surface area contributed by atoms with Gasteiger partial charge in [-0.3, -0.25) is 14.8 Å². The Morgan fingerprint density at radius 2 is 1.85 bits per heavy atom. The minimum atomic E-state index is -3.92. The summed E-state index contributed by atoms with van der Waals surface area (Å²) in [6, 6.07) is 7.56. The molecule has 8 heteroatoms. The summed E-state index contributed by atoms with van der Waals surface area (Å²) in [7, 11) is -2.38. The largest absolute Gasteiger partial charge is 0.496 e. The van der Waals surface area contributed by atoms with Gasteiger partial charge in [-0.2, -0.15) is 0 Å². The lowest BCUT2D eigenvalue weighted by Crippen LogP contribution is -2.16. The van der Waals surface area contributed by atoms with Gasteiger partial charge in [-0.25, -0.2) is 8.42 Å². The summed E-state index contributed by atoms with van der Waals surface area (Å²) >= 11 is 0. The molecule has 0 aliphatic carbocycles. The molecule has 0 bridgehead atoms. The van der Waals surface area contributed by atoms with Gasteiger partial charge >= 0.3 is 0 Å². The first-order valence-electron chi connectivity index (χ1n) is 8.03. The third-order valence-electron chi connectivity index (χ3n) is 4.19. The predicted molar refractivity (Wildman–Crippen MR) is 100 cm³/mol. The fourth-order valence-electron chi connectivity index (χ4n) is 2.73. The Morgan fingerprint density at radius 1 is 1.19 bits per heavy atom. The summed E-state index contributed by atoms with van der Waals surface area (Å²) < 4.78 is 33.6. The number of methoxy groups -OCH3 is 1. The normalized spacial score (nSPS) is 11.5. The second-order valence-corrected chi connectivity index (χ2v) is 7.98. The van der Waals surface area contributed by atoms with Crippen LogP contribution in [0.15, 0.2) is 35.2 Å². The highest BCUT2D eigenvalue weighted by Gasteiger charge is 2.23. The Balaban J connectivity index is 2.54. The molecule has 0 saturated heterocycles. The predicted octanol–water partition coefficient (Wildman–Crippen LogP) is 4.14. The van der Waals surface area contributed by atoms with E-state index < -0.39 is 14.9 Å². The molecule has 2 aromatic carbocycles. The second-order valence-electron chi connectivity index (χ2n) is 6.33. The van der Waals surface area contributed by atoms with Crippen molar-refractivity contribution >= 4 is 21.4 Å². The smallest absolute Gasteiger partial charge is 0.274 e. The molecule has 1 N–H and O–H groups in total. The third-order valence-corrected chi connectivity index (χ3v) is 5.69. The van der Waals surface area contributed by atoms with Crippen molar-refractivity contribution in [2.75, 3.05) is 11.8 Å². The molecule has 0 heterocycles. The van der Waals surface area contributed by atoms with E-state index in [2.05, 4.69) is 4.72 Å². The van der Waals surface area contributed by atoms with E-state index in [1.54, 1.807) is 26.2 Å². The lowest BCUT2D eigenvalue weighted by molar-refractivity contribution is -0.385. The van der Waals surface area contributed by atoms with E-state index >= 15 is 0 Å². The quantitative estimate of drug-likeness (QED) is 0.601. The van der Waals surface area contributed by atoms with Crippen LogP contribution in [-0.2, 0) is 10.0 Å². The van der Waals surface area contributed by atoms with E-state index in [4.69, 9.17) is 4.74 Å². The van der Waals surface area contributed by atoms with Crippen LogP contribution in [0.4, 0.5) is 11.4 Å². The van der Waals surface area contributed by atoms with Crippen molar-refractivity contribution < 1.29 is 18.1 Å². The maximum atomic E-state index is 12.9. The molecular weight excluding hydrogens is 356 g/mol. The third kappa shape index (κ3) is 3.80. The molecule has 0 atom stereocenters. The molecule has 7 nitrogen and oxygen atoms in total. The average Bonchev–Trinajstić information content (AvgIpc) is 2.55. The summed E-state index contributed by atoms with van der Waals surface area (Å²) in [6.07, 6.45) is 0. The summed E-state index contributed by atoms with van der Waals surface area (Å²) in [6.45, 7) is 7.08. The number of ether oxygens (including phenoxy) is 1. The van der Waals surface area contributed by atoms with Crippen LogP contribution in [0, 0.1) is 24.0 Å². The molecule has 2 aromatic rings. The fraction of sp³-hybridized carbons (Fsp3) is 0.333. The highest BCUT2D eigenvalue weighted by Crippen LogP contribution is 2.33. The standard InChI is InChI=1S/C18H22N2O5S/c1-11(2)14-10-18(12(3)9-17(14)25-5)26(23,24)19-15-7-6-8-16(13(15)4)20(21)22/h6-11,19H,1-5H3. The second kappa shape index (κ2) is 7.33. The zero-order valence-electron chi connectivity index (χ0n) is 15.4. The van der Waals surface area contributed by atoms with Crippen LogP contribution >= 0.6 is 0 Å². The summed E-state index contributed by atoms with van der Waals surface area (Å²) in [5.74, 6) is 0.696. The van der Waals surface area contributed by atoms with E-state index in [1.165, 1.54) is 25.1 Å².